The van der Waals surface area contributed by atoms with Gasteiger partial charge in [-0.2, -0.15) is 9.97 Å². The molecule has 0 bridgehead atoms. The van der Waals surface area contributed by atoms with Crippen LogP contribution in [0.4, 0.5) is 8.78 Å². The number of alkyl halides is 1. The molecule has 1 aromatic carbocycles. The maximum Gasteiger partial charge on any atom is 0.320 e. The molecule has 28 heavy (non-hydrogen) atoms. The molecule has 2 aliphatic rings. The van der Waals surface area contributed by atoms with E-state index in [1.165, 1.54) is 6.07 Å². The highest BCUT2D eigenvalue weighted by atomic mass is 35.5. The Hall–Kier alpha value is -1.73. The van der Waals surface area contributed by atoms with Crippen molar-refractivity contribution in [3.05, 3.63) is 23.0 Å². The third-order valence-corrected chi connectivity index (χ3v) is 5.67. The fourth-order valence-corrected chi connectivity index (χ4v) is 4.38. The molecule has 0 aliphatic carbocycles. The van der Waals surface area contributed by atoms with Crippen LogP contribution in [-0.4, -0.2) is 52.9 Å². The molecule has 0 amide bonds. The van der Waals surface area contributed by atoms with Gasteiger partial charge in [0.05, 0.1) is 17.5 Å². The Morgan fingerprint density at radius 1 is 1.32 bits per heavy atom. The number of hydrogen-bond acceptors (Lipinski definition) is 5. The maximum atomic E-state index is 14.5. The largest absolute Gasteiger partial charge is 0.477 e. The van der Waals surface area contributed by atoms with Crippen LogP contribution in [0.3, 0.4) is 0 Å². The maximum absolute atomic E-state index is 14.5. The van der Waals surface area contributed by atoms with Crippen molar-refractivity contribution in [3.63, 3.8) is 0 Å². The highest BCUT2D eigenvalue weighted by Crippen LogP contribution is 2.40. The molecule has 2 fully saturated rings. The number of rotatable bonds is 6. The van der Waals surface area contributed by atoms with Crippen LogP contribution in [0.1, 0.15) is 33.1 Å². The monoisotopic (exact) mass is 411 g/mol. The Bertz CT molecular complexity index is 882. The van der Waals surface area contributed by atoms with E-state index in [2.05, 4.69) is 14.9 Å². The van der Waals surface area contributed by atoms with Gasteiger partial charge in [-0.25, -0.2) is 8.78 Å². The molecule has 2 saturated heterocycles. The molecular formula is C20H24ClF2N3O2. The van der Waals surface area contributed by atoms with Crippen molar-refractivity contribution in [2.24, 2.45) is 5.92 Å². The Balaban J connectivity index is 1.63. The lowest BCUT2D eigenvalue weighted by Crippen LogP contribution is -2.43. The van der Waals surface area contributed by atoms with Crippen molar-refractivity contribution in [1.29, 1.82) is 0 Å². The summed E-state index contributed by atoms with van der Waals surface area (Å²) in [6, 6.07) is 2.83. The third-order valence-electron chi connectivity index (χ3n) is 5.45. The van der Waals surface area contributed by atoms with Crippen molar-refractivity contribution < 1.29 is 18.3 Å². The number of aromatic nitrogens is 2. The zero-order chi connectivity index (χ0) is 19.9. The van der Waals surface area contributed by atoms with Crippen LogP contribution < -0.4 is 9.47 Å². The fraction of sp³-hybridized carbons (Fsp3) is 0.600. The Morgan fingerprint density at radius 3 is 2.93 bits per heavy atom. The molecule has 0 radical (unpaired) electrons. The van der Waals surface area contributed by atoms with Gasteiger partial charge in [-0.15, -0.1) is 0 Å². The molecule has 2 aromatic rings. The topological polar surface area (TPSA) is 47.5 Å². The fourth-order valence-electron chi connectivity index (χ4n) is 4.18. The zero-order valence-corrected chi connectivity index (χ0v) is 16.8. The summed E-state index contributed by atoms with van der Waals surface area (Å²) in [5, 5.41) is 0.653. The SMILES string of the molecule is CC(C)COc1nc(OC[C@@]23CCCN2C[C@H](F)C3)nc2c(F)cc(Cl)cc12. The molecule has 8 heteroatoms. The van der Waals surface area contributed by atoms with Gasteiger partial charge >= 0.3 is 6.01 Å². The van der Waals surface area contributed by atoms with Crippen molar-refractivity contribution in [3.8, 4) is 11.9 Å². The third kappa shape index (κ3) is 3.74. The predicted octanol–water partition coefficient (Wildman–Crippen LogP) is 4.41. The van der Waals surface area contributed by atoms with Gasteiger partial charge in [0, 0.05) is 18.0 Å². The molecule has 3 heterocycles. The zero-order valence-electron chi connectivity index (χ0n) is 16.1. The highest BCUT2D eigenvalue weighted by Gasteiger charge is 2.49. The lowest BCUT2D eigenvalue weighted by Gasteiger charge is -2.30. The molecule has 0 saturated carbocycles. The summed E-state index contributed by atoms with van der Waals surface area (Å²) in [6.07, 6.45) is 1.50. The molecule has 0 spiro atoms. The molecule has 2 atom stereocenters. The Morgan fingerprint density at radius 2 is 2.14 bits per heavy atom. The first-order valence-electron chi connectivity index (χ1n) is 9.68. The number of ether oxygens (including phenoxy) is 2. The minimum Gasteiger partial charge on any atom is -0.477 e. The average molecular weight is 412 g/mol. The van der Waals surface area contributed by atoms with Crippen molar-refractivity contribution in [2.45, 2.75) is 44.8 Å². The molecule has 152 valence electrons. The first kappa shape index (κ1) is 19.6. The molecule has 5 nitrogen and oxygen atoms in total. The molecule has 1 aromatic heterocycles. The summed E-state index contributed by atoms with van der Waals surface area (Å²) in [6.45, 7) is 6.03. The number of fused-ring (bicyclic) bond motifs is 2. The minimum absolute atomic E-state index is 0.0380. The Kier molecular flexibility index (Phi) is 5.31. The first-order chi connectivity index (χ1) is 13.4. The summed E-state index contributed by atoms with van der Waals surface area (Å²) in [4.78, 5) is 10.7. The van der Waals surface area contributed by atoms with E-state index >= 15 is 0 Å². The van der Waals surface area contributed by atoms with E-state index in [0.29, 0.717) is 25.0 Å². The van der Waals surface area contributed by atoms with Crippen LogP contribution in [-0.2, 0) is 0 Å². The van der Waals surface area contributed by atoms with Gasteiger partial charge in [-0.1, -0.05) is 25.4 Å². The van der Waals surface area contributed by atoms with Crippen molar-refractivity contribution >= 4 is 22.5 Å². The van der Waals surface area contributed by atoms with Gasteiger partial charge in [-0.3, -0.25) is 4.90 Å². The van der Waals surface area contributed by atoms with Crippen LogP contribution in [0.5, 0.6) is 11.9 Å². The predicted molar refractivity (Wildman–Crippen MR) is 103 cm³/mol. The summed E-state index contributed by atoms with van der Waals surface area (Å²) < 4.78 is 40.1. The first-order valence-corrected chi connectivity index (χ1v) is 10.1. The van der Waals surface area contributed by atoms with Gasteiger partial charge in [0.15, 0.2) is 5.82 Å². The van der Waals surface area contributed by atoms with Gasteiger partial charge in [0.1, 0.15) is 18.3 Å². The lowest BCUT2D eigenvalue weighted by atomic mass is 9.95. The van der Waals surface area contributed by atoms with E-state index in [9.17, 15) is 8.78 Å². The minimum atomic E-state index is -0.842. The number of nitrogens with zero attached hydrogens (tertiary/aromatic N) is 3. The smallest absolute Gasteiger partial charge is 0.320 e. The van der Waals surface area contributed by atoms with Crippen molar-refractivity contribution in [1.82, 2.24) is 14.9 Å². The van der Waals surface area contributed by atoms with E-state index in [0.717, 1.165) is 19.4 Å². The van der Waals surface area contributed by atoms with Gasteiger partial charge in [-0.05, 0) is 37.4 Å². The van der Waals surface area contributed by atoms with Gasteiger partial charge in [0.2, 0.25) is 5.88 Å². The molecule has 4 rings (SSSR count). The van der Waals surface area contributed by atoms with Crippen LogP contribution in [0.25, 0.3) is 10.9 Å². The van der Waals surface area contributed by atoms with Gasteiger partial charge < -0.3 is 9.47 Å². The molecule has 0 N–H and O–H groups in total. The van der Waals surface area contributed by atoms with E-state index in [-0.39, 0.29) is 40.5 Å². The lowest BCUT2D eigenvalue weighted by molar-refractivity contribution is 0.106. The number of halogens is 3. The normalized spacial score (nSPS) is 24.9. The second kappa shape index (κ2) is 7.59. The van der Waals surface area contributed by atoms with Crippen LogP contribution in [0, 0.1) is 11.7 Å². The summed E-state index contributed by atoms with van der Waals surface area (Å²) in [5.41, 5.74) is -0.224. The van der Waals surface area contributed by atoms with Crippen molar-refractivity contribution in [2.75, 3.05) is 26.3 Å². The summed E-state index contributed by atoms with van der Waals surface area (Å²) in [5.74, 6) is -0.0514. The van der Waals surface area contributed by atoms with E-state index in [1.807, 2.05) is 13.8 Å². The molecule has 0 unspecified atom stereocenters. The average Bonchev–Trinajstić information content (AvgIpc) is 3.14. The second-order valence-electron chi connectivity index (χ2n) is 8.16. The van der Waals surface area contributed by atoms with E-state index < -0.39 is 12.0 Å². The number of benzene rings is 1. The van der Waals surface area contributed by atoms with E-state index in [1.54, 1.807) is 6.07 Å². The van der Waals surface area contributed by atoms with Crippen LogP contribution >= 0.6 is 11.6 Å². The molecule has 2 aliphatic heterocycles. The van der Waals surface area contributed by atoms with Gasteiger partial charge in [0.25, 0.3) is 0 Å². The number of hydrogen-bond donors (Lipinski definition) is 0. The van der Waals surface area contributed by atoms with E-state index in [4.69, 9.17) is 21.1 Å². The molecular weight excluding hydrogens is 388 g/mol. The van der Waals surface area contributed by atoms with Crippen LogP contribution in [0.2, 0.25) is 5.02 Å². The highest BCUT2D eigenvalue weighted by molar-refractivity contribution is 6.31. The summed E-state index contributed by atoms with van der Waals surface area (Å²) >= 11 is 6.00. The standard InChI is InChI=1S/C20H24ClF2N3O2/c1-12(2)10-27-18-15-6-13(21)7-16(23)17(15)24-19(25-18)28-11-20-4-3-5-26(20)9-14(22)8-20/h6-7,12,14H,3-5,8-11H2,1-2H3/t14-,20+/m1/s1. The Labute approximate surface area is 168 Å². The summed E-state index contributed by atoms with van der Waals surface area (Å²) in [7, 11) is 0. The quantitative estimate of drug-likeness (QED) is 0.704. The van der Waals surface area contributed by atoms with Crippen LogP contribution in [0.15, 0.2) is 12.1 Å². The second-order valence-corrected chi connectivity index (χ2v) is 8.60.